The second-order valence-corrected chi connectivity index (χ2v) is 7.35. The van der Waals surface area contributed by atoms with Crippen LogP contribution in [0.1, 0.15) is 16.8 Å². The number of ether oxygens (including phenoxy) is 1. The van der Waals surface area contributed by atoms with Crippen molar-refractivity contribution >= 4 is 23.6 Å². The Morgan fingerprint density at radius 1 is 1.10 bits per heavy atom. The van der Waals surface area contributed by atoms with Crippen LogP contribution in [-0.2, 0) is 9.53 Å². The number of aromatic nitrogens is 2. The number of benzene rings is 2. The minimum atomic E-state index is -0.705. The van der Waals surface area contributed by atoms with Gasteiger partial charge in [-0.2, -0.15) is 16.9 Å². The first-order chi connectivity index (χ1) is 14.1. The highest BCUT2D eigenvalue weighted by molar-refractivity contribution is 7.98. The Hall–Kier alpha value is -3.06. The van der Waals surface area contributed by atoms with Crippen LogP contribution in [0, 0.1) is 0 Å². The summed E-state index contributed by atoms with van der Waals surface area (Å²) in [5.41, 5.74) is 2.63. The number of para-hydroxylation sites is 1. The van der Waals surface area contributed by atoms with Crippen molar-refractivity contribution in [1.82, 2.24) is 15.1 Å². The van der Waals surface area contributed by atoms with Gasteiger partial charge in [-0.25, -0.2) is 9.48 Å². The zero-order valence-corrected chi connectivity index (χ0v) is 17.2. The Morgan fingerprint density at radius 3 is 2.38 bits per heavy atom. The van der Waals surface area contributed by atoms with Crippen molar-refractivity contribution in [3.63, 3.8) is 0 Å². The molecule has 0 aliphatic carbocycles. The van der Waals surface area contributed by atoms with Crippen LogP contribution in [0.5, 0.6) is 0 Å². The Kier molecular flexibility index (Phi) is 7.08. The summed E-state index contributed by atoms with van der Waals surface area (Å²) in [5.74, 6) is -0.0823. The summed E-state index contributed by atoms with van der Waals surface area (Å²) in [4.78, 5) is 25.2. The lowest BCUT2D eigenvalue weighted by Crippen LogP contribution is -2.42. The molecule has 6 nitrogen and oxygen atoms in total. The summed E-state index contributed by atoms with van der Waals surface area (Å²) in [5, 5.41) is 7.46. The SMILES string of the molecule is COC(=O)[C@H](CCSC)NC(=O)c1cn(-c2ccccc2)nc1-c1ccccc1. The predicted molar refractivity (Wildman–Crippen MR) is 115 cm³/mol. The monoisotopic (exact) mass is 409 g/mol. The Bertz CT molecular complexity index is 958. The largest absolute Gasteiger partial charge is 0.467 e. The number of hydrogen-bond acceptors (Lipinski definition) is 5. The molecular formula is C22H23N3O3S. The fourth-order valence-electron chi connectivity index (χ4n) is 2.93. The Labute approximate surface area is 174 Å². The van der Waals surface area contributed by atoms with E-state index in [9.17, 15) is 9.59 Å². The molecule has 7 heteroatoms. The van der Waals surface area contributed by atoms with Gasteiger partial charge in [-0.3, -0.25) is 4.79 Å². The number of rotatable bonds is 8. The van der Waals surface area contributed by atoms with Gasteiger partial charge >= 0.3 is 5.97 Å². The Morgan fingerprint density at radius 2 is 1.76 bits per heavy atom. The summed E-state index contributed by atoms with van der Waals surface area (Å²) in [6, 6.07) is 18.4. The molecule has 150 valence electrons. The van der Waals surface area contributed by atoms with E-state index in [1.165, 1.54) is 7.11 Å². The summed E-state index contributed by atoms with van der Waals surface area (Å²) < 4.78 is 6.52. The summed E-state index contributed by atoms with van der Waals surface area (Å²) in [6.45, 7) is 0. The third-order valence-corrected chi connectivity index (χ3v) is 5.07. The number of esters is 1. The number of amides is 1. The average molecular weight is 410 g/mol. The van der Waals surface area contributed by atoms with Crippen LogP contribution in [0.15, 0.2) is 66.9 Å². The molecule has 1 heterocycles. The molecule has 0 aliphatic rings. The van der Waals surface area contributed by atoms with Crippen molar-refractivity contribution in [3.8, 4) is 16.9 Å². The van der Waals surface area contributed by atoms with Crippen LogP contribution in [0.25, 0.3) is 16.9 Å². The van der Waals surface area contributed by atoms with Crippen LogP contribution < -0.4 is 5.32 Å². The number of nitrogens with one attached hydrogen (secondary N) is 1. The smallest absolute Gasteiger partial charge is 0.328 e. The van der Waals surface area contributed by atoms with E-state index in [-0.39, 0.29) is 5.91 Å². The maximum absolute atomic E-state index is 13.1. The molecule has 0 aliphatic heterocycles. The molecular weight excluding hydrogens is 386 g/mol. The first-order valence-corrected chi connectivity index (χ1v) is 10.6. The third kappa shape index (κ3) is 5.06. The zero-order valence-electron chi connectivity index (χ0n) is 16.4. The minimum Gasteiger partial charge on any atom is -0.467 e. The van der Waals surface area contributed by atoms with E-state index in [0.29, 0.717) is 17.7 Å². The van der Waals surface area contributed by atoms with E-state index in [1.54, 1.807) is 22.6 Å². The standard InChI is InChI=1S/C22H23N3O3S/c1-28-22(27)19(13-14-29-2)23-21(26)18-15-25(17-11-7-4-8-12-17)24-20(18)16-9-5-3-6-10-16/h3-12,15,19H,13-14H2,1-2H3,(H,23,26)/t19-/m0/s1. The second-order valence-electron chi connectivity index (χ2n) is 6.37. The molecule has 0 saturated carbocycles. The molecule has 1 aromatic heterocycles. The lowest BCUT2D eigenvalue weighted by atomic mass is 10.1. The van der Waals surface area contributed by atoms with Gasteiger partial charge < -0.3 is 10.1 Å². The van der Waals surface area contributed by atoms with Crippen LogP contribution in [0.2, 0.25) is 0 Å². The maximum Gasteiger partial charge on any atom is 0.328 e. The fraction of sp³-hybridized carbons (Fsp3) is 0.227. The van der Waals surface area contributed by atoms with E-state index in [1.807, 2.05) is 66.9 Å². The normalized spacial score (nSPS) is 11.7. The average Bonchev–Trinajstić information content (AvgIpc) is 3.23. The van der Waals surface area contributed by atoms with Crippen LogP contribution in [0.3, 0.4) is 0 Å². The predicted octanol–water partition coefficient (Wildman–Crippen LogP) is 3.56. The molecule has 0 unspecified atom stereocenters. The van der Waals surface area contributed by atoms with E-state index in [0.717, 1.165) is 17.0 Å². The van der Waals surface area contributed by atoms with Gasteiger partial charge in [0.15, 0.2) is 0 Å². The van der Waals surface area contributed by atoms with Gasteiger partial charge in [0.1, 0.15) is 11.7 Å². The van der Waals surface area contributed by atoms with Crippen molar-refractivity contribution in [2.75, 3.05) is 19.1 Å². The van der Waals surface area contributed by atoms with Crippen molar-refractivity contribution in [2.24, 2.45) is 0 Å². The number of thioether (sulfide) groups is 1. The minimum absolute atomic E-state index is 0.359. The third-order valence-electron chi connectivity index (χ3n) is 4.43. The molecule has 29 heavy (non-hydrogen) atoms. The van der Waals surface area contributed by atoms with Crippen LogP contribution >= 0.6 is 11.8 Å². The Balaban J connectivity index is 1.97. The van der Waals surface area contributed by atoms with Gasteiger partial charge in [0, 0.05) is 11.8 Å². The summed E-state index contributed by atoms with van der Waals surface area (Å²) in [6.07, 6.45) is 4.14. The first kappa shape index (κ1) is 20.7. The molecule has 1 amide bonds. The zero-order chi connectivity index (χ0) is 20.6. The first-order valence-electron chi connectivity index (χ1n) is 9.22. The van der Waals surface area contributed by atoms with Gasteiger partial charge in [0.2, 0.25) is 0 Å². The number of nitrogens with zero attached hydrogens (tertiary/aromatic N) is 2. The summed E-state index contributed by atoms with van der Waals surface area (Å²) >= 11 is 1.61. The molecule has 1 atom stereocenters. The molecule has 0 radical (unpaired) electrons. The van der Waals surface area contributed by atoms with Gasteiger partial charge in [-0.15, -0.1) is 0 Å². The van der Waals surface area contributed by atoms with E-state index in [4.69, 9.17) is 4.74 Å². The lowest BCUT2D eigenvalue weighted by molar-refractivity contribution is -0.142. The number of carbonyl (C=O) groups is 2. The summed E-state index contributed by atoms with van der Waals surface area (Å²) in [7, 11) is 1.32. The van der Waals surface area contributed by atoms with E-state index in [2.05, 4.69) is 10.4 Å². The van der Waals surface area contributed by atoms with E-state index >= 15 is 0 Å². The van der Waals surface area contributed by atoms with Crippen LogP contribution in [-0.4, -0.2) is 46.8 Å². The van der Waals surface area contributed by atoms with Gasteiger partial charge in [0.05, 0.1) is 18.4 Å². The quantitative estimate of drug-likeness (QED) is 0.576. The topological polar surface area (TPSA) is 73.2 Å². The molecule has 3 aromatic rings. The van der Waals surface area contributed by atoms with Gasteiger partial charge in [0.25, 0.3) is 5.91 Å². The fourth-order valence-corrected chi connectivity index (χ4v) is 3.40. The number of hydrogen-bond donors (Lipinski definition) is 1. The highest BCUT2D eigenvalue weighted by Gasteiger charge is 2.25. The highest BCUT2D eigenvalue weighted by Crippen LogP contribution is 2.24. The van der Waals surface area contributed by atoms with E-state index < -0.39 is 12.0 Å². The van der Waals surface area contributed by atoms with Gasteiger partial charge in [-0.05, 0) is 30.6 Å². The highest BCUT2D eigenvalue weighted by atomic mass is 32.2. The van der Waals surface area contributed by atoms with Crippen LogP contribution in [0.4, 0.5) is 0 Å². The van der Waals surface area contributed by atoms with Gasteiger partial charge in [-0.1, -0.05) is 48.5 Å². The van der Waals surface area contributed by atoms with Crippen molar-refractivity contribution in [3.05, 3.63) is 72.4 Å². The molecule has 0 spiro atoms. The molecule has 2 aromatic carbocycles. The number of carbonyl (C=O) groups excluding carboxylic acids is 2. The van der Waals surface area contributed by atoms with Crippen molar-refractivity contribution in [2.45, 2.75) is 12.5 Å². The molecule has 0 bridgehead atoms. The molecule has 3 rings (SSSR count). The molecule has 0 fully saturated rings. The van der Waals surface area contributed by atoms with Crippen molar-refractivity contribution < 1.29 is 14.3 Å². The molecule has 1 N–H and O–H groups in total. The van der Waals surface area contributed by atoms with Crippen molar-refractivity contribution in [1.29, 1.82) is 0 Å². The second kappa shape index (κ2) is 9.93. The molecule has 0 saturated heterocycles. The number of methoxy groups -OCH3 is 1. The lowest BCUT2D eigenvalue weighted by Gasteiger charge is -2.16. The maximum atomic E-state index is 13.1.